The smallest absolute Gasteiger partial charge is 0.418 e. The molecule has 0 aliphatic heterocycles. The van der Waals surface area contributed by atoms with Crippen molar-refractivity contribution in [3.05, 3.63) is 51.7 Å². The average Bonchev–Trinajstić information content (AvgIpc) is 2.91. The Balaban J connectivity index is 1.97. The van der Waals surface area contributed by atoms with Crippen LogP contribution < -0.4 is 5.32 Å². The van der Waals surface area contributed by atoms with Crippen molar-refractivity contribution >= 4 is 28.9 Å². The summed E-state index contributed by atoms with van der Waals surface area (Å²) in [6, 6.07) is 7.85. The lowest BCUT2D eigenvalue weighted by molar-refractivity contribution is -0.137. The molecule has 0 fully saturated rings. The number of carbonyl (C=O) groups excluding carboxylic acids is 2. The molecule has 1 N–H and O–H groups in total. The third-order valence-corrected chi connectivity index (χ3v) is 3.76. The molecule has 0 aliphatic carbocycles. The highest BCUT2D eigenvalue weighted by Crippen LogP contribution is 2.34. The van der Waals surface area contributed by atoms with Gasteiger partial charge >= 0.3 is 12.1 Å². The molecule has 8 heteroatoms. The lowest BCUT2D eigenvalue weighted by Gasteiger charge is -2.13. The summed E-state index contributed by atoms with van der Waals surface area (Å²) in [6.07, 6.45) is -4.59. The number of nitrogens with one attached hydrogen (secondary N) is 1. The largest absolute Gasteiger partial charge is 0.451 e. The van der Waals surface area contributed by atoms with Crippen molar-refractivity contribution in [3.8, 4) is 0 Å². The molecule has 1 aromatic carbocycles. The van der Waals surface area contributed by atoms with Crippen LogP contribution in [0.4, 0.5) is 18.9 Å². The van der Waals surface area contributed by atoms with Gasteiger partial charge in [-0.15, -0.1) is 11.3 Å². The number of hydrogen-bond acceptors (Lipinski definition) is 4. The Hall–Kier alpha value is -2.35. The number of ether oxygens (including phenoxy) is 1. The molecule has 2 rings (SSSR count). The number of alkyl halides is 3. The van der Waals surface area contributed by atoms with Gasteiger partial charge in [-0.2, -0.15) is 13.2 Å². The molecule has 0 spiro atoms. The van der Waals surface area contributed by atoms with Crippen molar-refractivity contribution in [3.63, 3.8) is 0 Å². The van der Waals surface area contributed by atoms with E-state index in [1.54, 1.807) is 12.1 Å². The second-order valence-electron chi connectivity index (χ2n) is 4.58. The molecule has 1 amide bonds. The van der Waals surface area contributed by atoms with Gasteiger partial charge in [0.25, 0.3) is 5.91 Å². The number of anilines is 1. The van der Waals surface area contributed by atoms with Gasteiger partial charge in [0.2, 0.25) is 0 Å². The van der Waals surface area contributed by atoms with Crippen molar-refractivity contribution < 1.29 is 27.5 Å². The molecule has 4 nitrogen and oxygen atoms in total. The average molecular weight is 343 g/mol. The van der Waals surface area contributed by atoms with Crippen LogP contribution in [0.15, 0.2) is 36.4 Å². The number of rotatable bonds is 4. The van der Waals surface area contributed by atoms with Crippen molar-refractivity contribution in [2.75, 3.05) is 11.9 Å². The molecule has 0 aliphatic rings. The molecule has 0 bridgehead atoms. The minimum Gasteiger partial charge on any atom is -0.451 e. The van der Waals surface area contributed by atoms with Crippen molar-refractivity contribution in [1.29, 1.82) is 0 Å². The maximum absolute atomic E-state index is 12.8. The first kappa shape index (κ1) is 17.0. The maximum atomic E-state index is 12.8. The first-order valence-electron chi connectivity index (χ1n) is 6.47. The molecule has 2 aromatic rings. The van der Waals surface area contributed by atoms with Gasteiger partial charge in [0.05, 0.1) is 11.3 Å². The number of thiophene rings is 1. The number of hydrogen-bond donors (Lipinski definition) is 1. The Morgan fingerprint density at radius 3 is 2.48 bits per heavy atom. The molecular weight excluding hydrogens is 331 g/mol. The number of halogens is 3. The van der Waals surface area contributed by atoms with E-state index in [1.165, 1.54) is 23.5 Å². The van der Waals surface area contributed by atoms with Crippen LogP contribution in [0.25, 0.3) is 0 Å². The van der Waals surface area contributed by atoms with Crippen LogP contribution in [-0.4, -0.2) is 18.5 Å². The molecule has 23 heavy (non-hydrogen) atoms. The van der Waals surface area contributed by atoms with Gasteiger partial charge in [-0.25, -0.2) is 4.79 Å². The molecule has 0 unspecified atom stereocenters. The summed E-state index contributed by atoms with van der Waals surface area (Å²) in [6.45, 7) is 1.14. The minimum atomic E-state index is -4.59. The van der Waals surface area contributed by atoms with Crippen LogP contribution in [0.1, 0.15) is 20.1 Å². The Morgan fingerprint density at radius 2 is 1.87 bits per heavy atom. The van der Waals surface area contributed by atoms with Gasteiger partial charge in [-0.1, -0.05) is 12.1 Å². The van der Waals surface area contributed by atoms with E-state index in [2.05, 4.69) is 5.32 Å². The fourth-order valence-corrected chi connectivity index (χ4v) is 2.53. The number of benzene rings is 1. The normalized spacial score (nSPS) is 11.1. The third kappa shape index (κ3) is 4.56. The molecule has 1 aromatic heterocycles. The van der Waals surface area contributed by atoms with Crippen molar-refractivity contribution in [2.45, 2.75) is 13.1 Å². The summed E-state index contributed by atoms with van der Waals surface area (Å²) in [7, 11) is 0. The van der Waals surface area contributed by atoms with Gasteiger partial charge in [0, 0.05) is 4.88 Å². The van der Waals surface area contributed by atoms with E-state index in [0.29, 0.717) is 4.88 Å². The first-order valence-corrected chi connectivity index (χ1v) is 7.28. The second kappa shape index (κ2) is 6.82. The van der Waals surface area contributed by atoms with Gasteiger partial charge in [0.15, 0.2) is 6.61 Å². The van der Waals surface area contributed by atoms with E-state index in [0.717, 1.165) is 17.0 Å². The number of para-hydroxylation sites is 1. The van der Waals surface area contributed by atoms with E-state index in [4.69, 9.17) is 4.74 Å². The van der Waals surface area contributed by atoms with Gasteiger partial charge in [0.1, 0.15) is 4.88 Å². The van der Waals surface area contributed by atoms with Gasteiger partial charge in [-0.05, 0) is 31.2 Å². The lowest BCUT2D eigenvalue weighted by atomic mass is 10.1. The van der Waals surface area contributed by atoms with Crippen LogP contribution in [0.5, 0.6) is 0 Å². The summed E-state index contributed by atoms with van der Waals surface area (Å²) in [5.41, 5.74) is -1.35. The maximum Gasteiger partial charge on any atom is 0.418 e. The van der Waals surface area contributed by atoms with Crippen LogP contribution in [0.3, 0.4) is 0 Å². The fraction of sp³-hybridized carbons (Fsp3) is 0.200. The zero-order valence-corrected chi connectivity index (χ0v) is 12.8. The Labute approximate surface area is 133 Å². The molecular formula is C15H12F3NO3S. The number of esters is 1. The lowest BCUT2D eigenvalue weighted by Crippen LogP contribution is -2.22. The standard InChI is InChI=1S/C15H12F3NO3S/c1-9-6-7-12(23-9)14(21)22-8-13(20)19-11-5-3-2-4-10(11)15(16,17)18/h2-7H,8H2,1H3,(H,19,20). The summed E-state index contributed by atoms with van der Waals surface area (Å²) in [5, 5.41) is 2.10. The van der Waals surface area contributed by atoms with E-state index < -0.39 is 30.2 Å². The number of carbonyl (C=O) groups is 2. The quantitative estimate of drug-likeness (QED) is 0.858. The Kier molecular flexibility index (Phi) is 5.05. The van der Waals surface area contributed by atoms with E-state index in [9.17, 15) is 22.8 Å². The summed E-state index contributed by atoms with van der Waals surface area (Å²) in [5.74, 6) is -1.54. The van der Waals surface area contributed by atoms with Gasteiger partial charge in [-0.3, -0.25) is 4.79 Å². The summed E-state index contributed by atoms with van der Waals surface area (Å²) < 4.78 is 43.2. The van der Waals surface area contributed by atoms with Gasteiger partial charge < -0.3 is 10.1 Å². The molecule has 0 radical (unpaired) electrons. The number of aryl methyl sites for hydroxylation is 1. The van der Waals surface area contributed by atoms with Crippen LogP contribution in [-0.2, 0) is 15.7 Å². The van der Waals surface area contributed by atoms with E-state index >= 15 is 0 Å². The van der Waals surface area contributed by atoms with E-state index in [1.807, 2.05) is 6.92 Å². The zero-order chi connectivity index (χ0) is 17.0. The minimum absolute atomic E-state index is 0.325. The zero-order valence-electron chi connectivity index (χ0n) is 11.9. The SMILES string of the molecule is Cc1ccc(C(=O)OCC(=O)Nc2ccccc2C(F)(F)F)s1. The van der Waals surface area contributed by atoms with Crippen LogP contribution in [0.2, 0.25) is 0 Å². The predicted octanol–water partition coefficient (Wildman–Crippen LogP) is 3.87. The predicted molar refractivity (Wildman–Crippen MR) is 79.4 cm³/mol. The Bertz CT molecular complexity index is 725. The topological polar surface area (TPSA) is 55.4 Å². The number of amides is 1. The summed E-state index contributed by atoms with van der Waals surface area (Å²) in [4.78, 5) is 24.6. The van der Waals surface area contributed by atoms with Crippen LogP contribution >= 0.6 is 11.3 Å². The molecule has 0 saturated carbocycles. The molecule has 0 atom stereocenters. The highest BCUT2D eigenvalue weighted by molar-refractivity contribution is 7.13. The highest BCUT2D eigenvalue weighted by Gasteiger charge is 2.33. The van der Waals surface area contributed by atoms with Crippen molar-refractivity contribution in [1.82, 2.24) is 0 Å². The molecule has 122 valence electrons. The first-order chi connectivity index (χ1) is 10.8. The third-order valence-electron chi connectivity index (χ3n) is 2.78. The molecule has 0 saturated heterocycles. The van der Waals surface area contributed by atoms with E-state index in [-0.39, 0.29) is 5.69 Å². The molecule has 1 heterocycles. The highest BCUT2D eigenvalue weighted by atomic mass is 32.1. The fourth-order valence-electron chi connectivity index (χ4n) is 1.77. The monoisotopic (exact) mass is 343 g/mol. The second-order valence-corrected chi connectivity index (χ2v) is 5.87. The van der Waals surface area contributed by atoms with Crippen molar-refractivity contribution in [2.24, 2.45) is 0 Å². The Morgan fingerprint density at radius 1 is 1.17 bits per heavy atom. The summed E-state index contributed by atoms with van der Waals surface area (Å²) >= 11 is 1.20. The van der Waals surface area contributed by atoms with Crippen LogP contribution in [0, 0.1) is 6.92 Å².